The van der Waals surface area contributed by atoms with Crippen LogP contribution in [-0.4, -0.2) is 35.7 Å². The zero-order valence-electron chi connectivity index (χ0n) is 22.2. The van der Waals surface area contributed by atoms with Crippen LogP contribution in [0.5, 0.6) is 11.5 Å². The Balaban J connectivity index is 0.00000216. The molecule has 11 heteroatoms. The van der Waals surface area contributed by atoms with Gasteiger partial charge in [0, 0.05) is 29.9 Å². The van der Waals surface area contributed by atoms with Crippen LogP contribution >= 0.6 is 0 Å². The summed E-state index contributed by atoms with van der Waals surface area (Å²) in [5, 5.41) is 20.0. The number of ether oxygens (including phenoxy) is 2. The Kier molecular flexibility index (Phi) is 10.9. The van der Waals surface area contributed by atoms with Crippen LogP contribution in [-0.2, 0) is 14.4 Å². The highest BCUT2D eigenvalue weighted by Crippen LogP contribution is 2.34. The summed E-state index contributed by atoms with van der Waals surface area (Å²) in [6.45, 7) is 4.08. The molecule has 4 amide bonds. The Morgan fingerprint density at radius 2 is 1.32 bits per heavy atom. The lowest BCUT2D eigenvalue weighted by Gasteiger charge is -2.18. The van der Waals surface area contributed by atoms with E-state index in [9.17, 15) is 24.3 Å². The number of nitrogens with one attached hydrogen (secondary N) is 4. The molecule has 4 rings (SSSR count). The molecule has 5 N–H and O–H groups in total. The molecule has 3 aromatic carbocycles. The average Bonchev–Trinajstić information content (AvgIpc) is 3.42. The SMILES string of the molecule is CC.O=C(O)CC(NC(=O)CCC(=O)Nc1ccc(NC(=O)Nc2ccccc2)cc1)c1ccc2c(c1)OCO2. The lowest BCUT2D eigenvalue weighted by molar-refractivity contribution is -0.138. The summed E-state index contributed by atoms with van der Waals surface area (Å²) in [5.41, 5.74) is 2.24. The van der Waals surface area contributed by atoms with Gasteiger partial charge in [0.1, 0.15) is 0 Å². The van der Waals surface area contributed by atoms with Crippen molar-refractivity contribution < 1.29 is 33.8 Å². The number of anilines is 3. The van der Waals surface area contributed by atoms with E-state index in [1.807, 2.05) is 32.0 Å². The fourth-order valence-corrected chi connectivity index (χ4v) is 3.73. The lowest BCUT2D eigenvalue weighted by atomic mass is 10.0. The second-order valence-electron chi connectivity index (χ2n) is 8.40. The first-order chi connectivity index (χ1) is 19.4. The molecule has 40 heavy (non-hydrogen) atoms. The number of benzene rings is 3. The van der Waals surface area contributed by atoms with Gasteiger partial charge in [0.15, 0.2) is 11.5 Å². The molecule has 3 aromatic rings. The summed E-state index contributed by atoms with van der Waals surface area (Å²) in [6, 6.07) is 19.3. The molecule has 0 radical (unpaired) electrons. The van der Waals surface area contributed by atoms with E-state index in [-0.39, 0.29) is 32.0 Å². The van der Waals surface area contributed by atoms with Crippen molar-refractivity contribution in [2.75, 3.05) is 22.7 Å². The van der Waals surface area contributed by atoms with Crippen LogP contribution in [0.15, 0.2) is 72.8 Å². The van der Waals surface area contributed by atoms with Crippen molar-refractivity contribution in [1.29, 1.82) is 0 Å². The second-order valence-corrected chi connectivity index (χ2v) is 8.40. The van der Waals surface area contributed by atoms with E-state index in [2.05, 4.69) is 21.3 Å². The molecule has 0 spiro atoms. The molecule has 0 fully saturated rings. The molecule has 1 aliphatic rings. The smallest absolute Gasteiger partial charge is 0.323 e. The fraction of sp³-hybridized carbons (Fsp3) is 0.241. The molecule has 210 valence electrons. The van der Waals surface area contributed by atoms with E-state index in [1.165, 1.54) is 0 Å². The van der Waals surface area contributed by atoms with Gasteiger partial charge in [-0.15, -0.1) is 0 Å². The molecule has 1 aliphatic heterocycles. The molecular formula is C29H32N4O7. The number of carboxylic acids is 1. The number of carbonyl (C=O) groups is 4. The molecule has 11 nitrogen and oxygen atoms in total. The minimum absolute atomic E-state index is 0.0761. The first-order valence-corrected chi connectivity index (χ1v) is 12.8. The molecule has 0 aliphatic carbocycles. The Morgan fingerprint density at radius 1 is 0.750 bits per heavy atom. The normalized spacial score (nSPS) is 11.8. The molecule has 1 atom stereocenters. The third-order valence-corrected chi connectivity index (χ3v) is 5.55. The van der Waals surface area contributed by atoms with Crippen molar-refractivity contribution in [3.8, 4) is 11.5 Å². The van der Waals surface area contributed by atoms with Crippen LogP contribution in [0.4, 0.5) is 21.9 Å². The van der Waals surface area contributed by atoms with Crippen molar-refractivity contribution in [3.63, 3.8) is 0 Å². The second kappa shape index (κ2) is 14.8. The van der Waals surface area contributed by atoms with Gasteiger partial charge in [0.2, 0.25) is 18.6 Å². The van der Waals surface area contributed by atoms with Gasteiger partial charge in [0.25, 0.3) is 0 Å². The monoisotopic (exact) mass is 548 g/mol. The summed E-state index contributed by atoms with van der Waals surface area (Å²) in [6.07, 6.45) is -0.570. The highest BCUT2D eigenvalue weighted by molar-refractivity contribution is 6.00. The standard InChI is InChI=1S/C27H26N4O7.C2H6/c32-24(28-19-7-9-20(10-8-19)30-27(36)29-18-4-2-1-3-5-18)12-13-25(33)31-21(15-26(34)35)17-6-11-22-23(14-17)38-16-37-22;1-2/h1-11,14,21H,12-13,15-16H2,(H,28,32)(H,31,33)(H,34,35)(H2,29,30,36);1-2H3. The topological polar surface area (TPSA) is 155 Å². The van der Waals surface area contributed by atoms with Crippen molar-refractivity contribution in [2.24, 2.45) is 0 Å². The van der Waals surface area contributed by atoms with E-state index in [4.69, 9.17) is 9.47 Å². The summed E-state index contributed by atoms with van der Waals surface area (Å²) in [7, 11) is 0. The van der Waals surface area contributed by atoms with Crippen molar-refractivity contribution in [2.45, 2.75) is 39.2 Å². The molecule has 0 saturated heterocycles. The van der Waals surface area contributed by atoms with Gasteiger partial charge < -0.3 is 35.8 Å². The Bertz CT molecular complexity index is 1310. The van der Waals surface area contributed by atoms with E-state index >= 15 is 0 Å². The van der Waals surface area contributed by atoms with Gasteiger partial charge in [0.05, 0.1) is 12.5 Å². The molecular weight excluding hydrogens is 516 g/mol. The lowest BCUT2D eigenvalue weighted by Crippen LogP contribution is -2.30. The number of para-hydroxylation sites is 1. The summed E-state index contributed by atoms with van der Waals surface area (Å²) >= 11 is 0. The molecule has 0 saturated carbocycles. The predicted molar refractivity (Wildman–Crippen MR) is 150 cm³/mol. The maximum absolute atomic E-state index is 12.5. The molecule has 0 aromatic heterocycles. The zero-order chi connectivity index (χ0) is 28.9. The van der Waals surface area contributed by atoms with Crippen LogP contribution in [0.25, 0.3) is 0 Å². The Labute approximate surface area is 231 Å². The summed E-state index contributed by atoms with van der Waals surface area (Å²) in [4.78, 5) is 48.3. The van der Waals surface area contributed by atoms with Gasteiger partial charge in [-0.1, -0.05) is 38.1 Å². The largest absolute Gasteiger partial charge is 0.481 e. The number of hydrogen-bond donors (Lipinski definition) is 5. The highest BCUT2D eigenvalue weighted by Gasteiger charge is 2.22. The van der Waals surface area contributed by atoms with Crippen LogP contribution in [0, 0.1) is 0 Å². The van der Waals surface area contributed by atoms with E-state index < -0.39 is 23.9 Å². The van der Waals surface area contributed by atoms with E-state index in [1.54, 1.807) is 54.6 Å². The number of fused-ring (bicyclic) bond motifs is 1. The number of urea groups is 1. The number of amides is 4. The molecule has 0 bridgehead atoms. The summed E-state index contributed by atoms with van der Waals surface area (Å²) < 4.78 is 10.6. The van der Waals surface area contributed by atoms with Gasteiger partial charge >= 0.3 is 12.0 Å². The van der Waals surface area contributed by atoms with Crippen LogP contribution in [0.2, 0.25) is 0 Å². The quantitative estimate of drug-likeness (QED) is 0.235. The third-order valence-electron chi connectivity index (χ3n) is 5.55. The third kappa shape index (κ3) is 9.05. The molecule has 1 heterocycles. The maximum atomic E-state index is 12.5. The summed E-state index contributed by atoms with van der Waals surface area (Å²) in [5.74, 6) is -0.913. The van der Waals surface area contributed by atoms with Gasteiger partial charge in [-0.2, -0.15) is 0 Å². The first-order valence-electron chi connectivity index (χ1n) is 12.8. The first kappa shape index (κ1) is 29.5. The zero-order valence-corrected chi connectivity index (χ0v) is 22.2. The molecule has 1 unspecified atom stereocenters. The Hall–Kier alpha value is -5.06. The Morgan fingerprint density at radius 3 is 1.98 bits per heavy atom. The predicted octanol–water partition coefficient (Wildman–Crippen LogP) is 5.14. The number of rotatable bonds is 10. The van der Waals surface area contributed by atoms with Crippen molar-refractivity contribution in [3.05, 3.63) is 78.4 Å². The van der Waals surface area contributed by atoms with E-state index in [0.717, 1.165) is 0 Å². The minimum atomic E-state index is -1.08. The number of hydrogen-bond acceptors (Lipinski definition) is 6. The van der Waals surface area contributed by atoms with Gasteiger partial charge in [-0.25, -0.2) is 4.79 Å². The average molecular weight is 549 g/mol. The van der Waals surface area contributed by atoms with Crippen LogP contribution in [0.3, 0.4) is 0 Å². The number of aliphatic carboxylic acids is 1. The van der Waals surface area contributed by atoms with Crippen molar-refractivity contribution >= 4 is 40.9 Å². The van der Waals surface area contributed by atoms with Crippen molar-refractivity contribution in [1.82, 2.24) is 5.32 Å². The number of carbonyl (C=O) groups excluding carboxylic acids is 3. The highest BCUT2D eigenvalue weighted by atomic mass is 16.7. The van der Waals surface area contributed by atoms with Gasteiger partial charge in [-0.3, -0.25) is 14.4 Å². The fourth-order valence-electron chi connectivity index (χ4n) is 3.73. The van der Waals surface area contributed by atoms with Crippen LogP contribution < -0.4 is 30.7 Å². The van der Waals surface area contributed by atoms with Gasteiger partial charge in [-0.05, 0) is 54.1 Å². The number of carboxylic acid groups (broad SMARTS) is 1. The minimum Gasteiger partial charge on any atom is -0.481 e. The van der Waals surface area contributed by atoms with E-state index in [0.29, 0.717) is 34.1 Å². The maximum Gasteiger partial charge on any atom is 0.323 e. The van der Waals surface area contributed by atoms with Crippen LogP contribution in [0.1, 0.15) is 44.7 Å².